The molecule has 1 N–H and O–H groups in total. The molecule has 1 rings (SSSR count). The predicted octanol–water partition coefficient (Wildman–Crippen LogP) is 1.50. The Morgan fingerprint density at radius 3 is 2.77 bits per heavy atom. The van der Waals surface area contributed by atoms with Crippen LogP contribution in [0.15, 0.2) is 0 Å². The Morgan fingerprint density at radius 2 is 2.15 bits per heavy atom. The molecule has 0 bridgehead atoms. The Morgan fingerprint density at radius 1 is 1.46 bits per heavy atom. The number of nitrogens with one attached hydrogen (secondary N) is 1. The van der Waals surface area contributed by atoms with Crippen LogP contribution in [0.25, 0.3) is 0 Å². The summed E-state index contributed by atoms with van der Waals surface area (Å²) in [5.41, 5.74) is 0. The van der Waals surface area contributed by atoms with E-state index in [-0.39, 0.29) is 5.78 Å². The minimum absolute atomic E-state index is 0.209. The topological polar surface area (TPSA) is 29.1 Å². The van der Waals surface area contributed by atoms with Crippen LogP contribution < -0.4 is 5.32 Å². The van der Waals surface area contributed by atoms with Crippen LogP contribution in [0.5, 0.6) is 0 Å². The first-order chi connectivity index (χ1) is 6.33. The molecule has 0 heterocycles. The fourth-order valence-electron chi connectivity index (χ4n) is 1.64. The lowest BCUT2D eigenvalue weighted by Crippen LogP contribution is -2.31. The van der Waals surface area contributed by atoms with Gasteiger partial charge in [-0.1, -0.05) is 18.8 Å². The smallest absolute Gasteiger partial charge is 0.158 e. The van der Waals surface area contributed by atoms with Crippen molar-refractivity contribution < 1.29 is 4.79 Å². The maximum Gasteiger partial charge on any atom is 0.158 e. The van der Waals surface area contributed by atoms with E-state index in [9.17, 15) is 4.79 Å². The van der Waals surface area contributed by atoms with E-state index in [1.807, 2.05) is 0 Å². The van der Waals surface area contributed by atoms with Gasteiger partial charge in [0.25, 0.3) is 0 Å². The van der Waals surface area contributed by atoms with E-state index in [1.54, 1.807) is 6.92 Å². The van der Waals surface area contributed by atoms with E-state index in [4.69, 9.17) is 0 Å². The molecule has 2 heteroatoms. The zero-order chi connectivity index (χ0) is 9.52. The van der Waals surface area contributed by atoms with Crippen molar-refractivity contribution in [2.75, 3.05) is 6.54 Å². The number of hydrogen-bond acceptors (Lipinski definition) is 2. The maximum atomic E-state index is 11.2. The minimum Gasteiger partial charge on any atom is -0.307 e. The summed E-state index contributed by atoms with van der Waals surface area (Å²) in [5, 5.41) is 3.27. The molecule has 0 aliphatic heterocycles. The summed E-state index contributed by atoms with van der Waals surface area (Å²) in [6, 6.07) is 0.582. The van der Waals surface area contributed by atoms with Crippen LogP contribution in [0.3, 0.4) is 0 Å². The van der Waals surface area contributed by atoms with Crippen LogP contribution in [0, 0.1) is 11.8 Å². The first-order valence-corrected chi connectivity index (χ1v) is 4.97. The molecule has 0 radical (unpaired) electrons. The Kier molecular flexibility index (Phi) is 4.56. The van der Waals surface area contributed by atoms with Gasteiger partial charge >= 0.3 is 0 Å². The molecule has 1 aliphatic rings. The van der Waals surface area contributed by atoms with Gasteiger partial charge in [0.05, 0.1) is 13.0 Å². The average Bonchev–Trinajstić information content (AvgIpc) is 2.64. The third-order valence-electron chi connectivity index (χ3n) is 2.41. The van der Waals surface area contributed by atoms with Gasteiger partial charge in [-0.05, 0) is 19.8 Å². The SMILES string of the molecule is CC#CCC(=O)CNC1CCCC1. The molecule has 0 amide bonds. The second-order valence-corrected chi connectivity index (χ2v) is 3.50. The van der Waals surface area contributed by atoms with Crippen molar-refractivity contribution in [2.24, 2.45) is 0 Å². The molecule has 0 aromatic rings. The number of ketones is 1. The fraction of sp³-hybridized carbons (Fsp3) is 0.727. The van der Waals surface area contributed by atoms with Crippen LogP contribution >= 0.6 is 0 Å². The Balaban J connectivity index is 2.09. The van der Waals surface area contributed by atoms with Crippen LogP contribution in [0.4, 0.5) is 0 Å². The lowest BCUT2D eigenvalue weighted by atomic mass is 10.2. The van der Waals surface area contributed by atoms with Gasteiger partial charge in [0.1, 0.15) is 0 Å². The highest BCUT2D eigenvalue weighted by Crippen LogP contribution is 2.17. The molecule has 0 unspecified atom stereocenters. The lowest BCUT2D eigenvalue weighted by molar-refractivity contribution is -0.117. The zero-order valence-corrected chi connectivity index (χ0v) is 8.23. The monoisotopic (exact) mass is 179 g/mol. The van der Waals surface area contributed by atoms with E-state index in [1.165, 1.54) is 25.7 Å². The molecular formula is C11H17NO. The Hall–Kier alpha value is -0.810. The highest BCUT2D eigenvalue weighted by molar-refractivity contribution is 5.82. The summed E-state index contributed by atoms with van der Waals surface area (Å²) in [6.45, 7) is 2.26. The molecule has 1 aliphatic carbocycles. The molecule has 2 nitrogen and oxygen atoms in total. The van der Waals surface area contributed by atoms with E-state index in [0.717, 1.165) is 0 Å². The molecule has 13 heavy (non-hydrogen) atoms. The molecular weight excluding hydrogens is 162 g/mol. The Labute approximate surface area is 80.1 Å². The average molecular weight is 179 g/mol. The van der Waals surface area contributed by atoms with Gasteiger partial charge in [0, 0.05) is 6.04 Å². The highest BCUT2D eigenvalue weighted by Gasteiger charge is 2.14. The number of Topliss-reactive ketones (excluding diaryl/α,β-unsaturated/α-hetero) is 1. The van der Waals surface area contributed by atoms with Crippen molar-refractivity contribution in [3.05, 3.63) is 0 Å². The van der Waals surface area contributed by atoms with Crippen molar-refractivity contribution in [3.8, 4) is 11.8 Å². The summed E-state index contributed by atoms with van der Waals surface area (Å²) in [7, 11) is 0. The second-order valence-electron chi connectivity index (χ2n) is 3.50. The van der Waals surface area contributed by atoms with Crippen LogP contribution in [-0.2, 0) is 4.79 Å². The van der Waals surface area contributed by atoms with Crippen LogP contribution in [-0.4, -0.2) is 18.4 Å². The quantitative estimate of drug-likeness (QED) is 0.663. The summed E-state index contributed by atoms with van der Waals surface area (Å²) in [4.78, 5) is 11.2. The van der Waals surface area contributed by atoms with Crippen molar-refractivity contribution in [3.63, 3.8) is 0 Å². The molecule has 1 saturated carbocycles. The lowest BCUT2D eigenvalue weighted by Gasteiger charge is -2.09. The summed E-state index contributed by atoms with van der Waals surface area (Å²) < 4.78 is 0. The van der Waals surface area contributed by atoms with Gasteiger partial charge in [0.15, 0.2) is 5.78 Å². The van der Waals surface area contributed by atoms with Crippen molar-refractivity contribution in [1.82, 2.24) is 5.32 Å². The third-order valence-corrected chi connectivity index (χ3v) is 2.41. The minimum atomic E-state index is 0.209. The van der Waals surface area contributed by atoms with Crippen molar-refractivity contribution in [1.29, 1.82) is 0 Å². The normalized spacial score (nSPS) is 16.7. The van der Waals surface area contributed by atoms with Gasteiger partial charge < -0.3 is 5.32 Å². The molecule has 0 aromatic heterocycles. The second kappa shape index (κ2) is 5.77. The molecule has 0 atom stereocenters. The van der Waals surface area contributed by atoms with Gasteiger partial charge in [0.2, 0.25) is 0 Å². The molecule has 0 aromatic carbocycles. The van der Waals surface area contributed by atoms with Crippen molar-refractivity contribution in [2.45, 2.75) is 45.1 Å². The van der Waals surface area contributed by atoms with Crippen LogP contribution in [0.1, 0.15) is 39.0 Å². The molecule has 0 saturated heterocycles. The standard InChI is InChI=1S/C11H17NO/c1-2-3-8-11(13)9-12-10-6-4-5-7-10/h10,12H,4-9H2,1H3. The molecule has 0 spiro atoms. The Bertz CT molecular complexity index is 218. The largest absolute Gasteiger partial charge is 0.307 e. The first-order valence-electron chi connectivity index (χ1n) is 4.97. The fourth-order valence-corrected chi connectivity index (χ4v) is 1.64. The number of carbonyl (C=O) groups is 1. The van der Waals surface area contributed by atoms with Gasteiger partial charge in [-0.3, -0.25) is 4.79 Å². The number of hydrogen-bond donors (Lipinski definition) is 1. The number of rotatable bonds is 4. The van der Waals surface area contributed by atoms with E-state index in [0.29, 0.717) is 19.0 Å². The van der Waals surface area contributed by atoms with Crippen molar-refractivity contribution >= 4 is 5.78 Å². The van der Waals surface area contributed by atoms with E-state index < -0.39 is 0 Å². The van der Waals surface area contributed by atoms with Crippen LogP contribution in [0.2, 0.25) is 0 Å². The van der Waals surface area contributed by atoms with Gasteiger partial charge in [-0.15, -0.1) is 5.92 Å². The predicted molar refractivity (Wildman–Crippen MR) is 53.3 cm³/mol. The zero-order valence-electron chi connectivity index (χ0n) is 8.23. The molecule has 72 valence electrons. The van der Waals surface area contributed by atoms with Gasteiger partial charge in [-0.25, -0.2) is 0 Å². The third kappa shape index (κ3) is 4.10. The van der Waals surface area contributed by atoms with E-state index in [2.05, 4.69) is 17.2 Å². The maximum absolute atomic E-state index is 11.2. The highest BCUT2D eigenvalue weighted by atomic mass is 16.1. The van der Waals surface area contributed by atoms with Gasteiger partial charge in [-0.2, -0.15) is 0 Å². The van der Waals surface area contributed by atoms with E-state index >= 15 is 0 Å². The summed E-state index contributed by atoms with van der Waals surface area (Å²) in [6.07, 6.45) is 5.47. The molecule has 1 fully saturated rings. The summed E-state index contributed by atoms with van der Waals surface area (Å²) in [5.74, 6) is 5.72. The summed E-state index contributed by atoms with van der Waals surface area (Å²) >= 11 is 0. The number of carbonyl (C=O) groups excluding carboxylic acids is 1. The first kappa shape index (κ1) is 10.3.